The molecule has 1 aliphatic carbocycles. The summed E-state index contributed by atoms with van der Waals surface area (Å²) in [6.45, 7) is 1.46. The topological polar surface area (TPSA) is 56.7 Å². The minimum Gasteiger partial charge on any atom is -0.356 e. The lowest BCUT2D eigenvalue weighted by Gasteiger charge is -2.28. The Morgan fingerprint density at radius 2 is 1.87 bits per heavy atom. The number of aliphatic imine (C=N–C) groups is 1. The second-order valence-corrected chi connectivity index (χ2v) is 6.20. The summed E-state index contributed by atoms with van der Waals surface area (Å²) in [6.07, 6.45) is 1.47. The Balaban J connectivity index is 2.40. The zero-order chi connectivity index (χ0) is 17.5. The highest BCUT2D eigenvalue weighted by atomic mass is 19.4. The highest BCUT2D eigenvalue weighted by molar-refractivity contribution is 5.86. The molecule has 8 heteroatoms. The first kappa shape index (κ1) is 19.6. The summed E-state index contributed by atoms with van der Waals surface area (Å²) in [5.41, 5.74) is 0.259. The molecule has 1 saturated carbocycles. The van der Waals surface area contributed by atoms with Crippen molar-refractivity contribution in [3.8, 4) is 0 Å². The van der Waals surface area contributed by atoms with Crippen molar-refractivity contribution in [1.29, 1.82) is 0 Å². The number of rotatable bonds is 6. The summed E-state index contributed by atoms with van der Waals surface area (Å²) in [5.74, 6) is -0.185. The van der Waals surface area contributed by atoms with Crippen LogP contribution in [-0.2, 0) is 4.79 Å². The first-order valence-electron chi connectivity index (χ1n) is 7.96. The van der Waals surface area contributed by atoms with E-state index in [-0.39, 0.29) is 12.0 Å². The molecule has 1 aliphatic rings. The predicted octanol–water partition coefficient (Wildman–Crippen LogP) is 2.14. The largest absolute Gasteiger partial charge is 0.406 e. The number of carbonyl (C=O) groups is 1. The van der Waals surface area contributed by atoms with Gasteiger partial charge >= 0.3 is 6.18 Å². The van der Waals surface area contributed by atoms with Crippen LogP contribution in [0.5, 0.6) is 0 Å². The summed E-state index contributed by atoms with van der Waals surface area (Å²) in [5, 5.41) is 5.97. The number of nitrogens with zero attached hydrogens (tertiary/aromatic N) is 2. The highest BCUT2D eigenvalue weighted by Gasteiger charge is 2.32. The molecule has 0 unspecified atom stereocenters. The Bertz CT molecular complexity index is 417. The van der Waals surface area contributed by atoms with E-state index in [2.05, 4.69) is 22.5 Å². The van der Waals surface area contributed by atoms with Gasteiger partial charge in [-0.05, 0) is 24.7 Å². The molecule has 0 saturated heterocycles. The van der Waals surface area contributed by atoms with Gasteiger partial charge in [-0.1, -0.05) is 19.8 Å². The van der Waals surface area contributed by atoms with Crippen LogP contribution >= 0.6 is 0 Å². The maximum absolute atomic E-state index is 12.3. The molecule has 0 atom stereocenters. The molecule has 2 N–H and O–H groups in total. The van der Waals surface area contributed by atoms with E-state index in [1.807, 2.05) is 0 Å². The lowest BCUT2D eigenvalue weighted by atomic mass is 9.83. The van der Waals surface area contributed by atoms with Crippen molar-refractivity contribution < 1.29 is 18.0 Å². The molecular formula is C15H27F3N4O. The second kappa shape index (κ2) is 8.40. The van der Waals surface area contributed by atoms with Gasteiger partial charge in [0.05, 0.1) is 6.54 Å². The van der Waals surface area contributed by atoms with E-state index in [4.69, 9.17) is 0 Å². The van der Waals surface area contributed by atoms with E-state index in [9.17, 15) is 18.0 Å². The Kier molecular flexibility index (Phi) is 7.15. The Morgan fingerprint density at radius 3 is 2.35 bits per heavy atom. The average molecular weight is 336 g/mol. The molecule has 1 fully saturated rings. The number of amides is 1. The van der Waals surface area contributed by atoms with E-state index >= 15 is 0 Å². The lowest BCUT2D eigenvalue weighted by molar-refractivity contribution is -0.157. The van der Waals surface area contributed by atoms with Crippen molar-refractivity contribution in [1.82, 2.24) is 15.5 Å². The fourth-order valence-corrected chi connectivity index (χ4v) is 2.92. The smallest absolute Gasteiger partial charge is 0.356 e. The van der Waals surface area contributed by atoms with Gasteiger partial charge in [0.15, 0.2) is 5.96 Å². The Labute approximate surface area is 135 Å². The molecule has 0 aromatic heterocycles. The number of alkyl halides is 3. The minimum atomic E-state index is -4.39. The van der Waals surface area contributed by atoms with Gasteiger partial charge in [-0.15, -0.1) is 0 Å². The summed E-state index contributed by atoms with van der Waals surface area (Å²) in [4.78, 5) is 16.4. The fraction of sp³-hybridized carbons (Fsp3) is 0.867. The van der Waals surface area contributed by atoms with Gasteiger partial charge in [-0.3, -0.25) is 9.79 Å². The summed E-state index contributed by atoms with van der Waals surface area (Å²) >= 11 is 0. The number of carbonyl (C=O) groups excluding carboxylic acids is 1. The highest BCUT2D eigenvalue weighted by Crippen LogP contribution is 2.40. The van der Waals surface area contributed by atoms with Crippen LogP contribution < -0.4 is 10.6 Å². The second-order valence-electron chi connectivity index (χ2n) is 6.20. The first-order valence-corrected chi connectivity index (χ1v) is 7.96. The number of likely N-dealkylation sites (N-methyl/N-ethyl adjacent to an activating group) is 1. The molecule has 0 aliphatic heterocycles. The number of halogens is 3. The monoisotopic (exact) mass is 336 g/mol. The van der Waals surface area contributed by atoms with Gasteiger partial charge in [0, 0.05) is 20.6 Å². The van der Waals surface area contributed by atoms with E-state index < -0.39 is 18.6 Å². The molecule has 23 heavy (non-hydrogen) atoms. The maximum atomic E-state index is 12.3. The number of guanidine groups is 1. The average Bonchev–Trinajstić information content (AvgIpc) is 2.94. The van der Waals surface area contributed by atoms with E-state index in [0.29, 0.717) is 10.9 Å². The van der Waals surface area contributed by atoms with Gasteiger partial charge in [-0.2, -0.15) is 13.2 Å². The van der Waals surface area contributed by atoms with Crippen LogP contribution in [0.1, 0.15) is 39.0 Å². The molecule has 0 aromatic carbocycles. The van der Waals surface area contributed by atoms with Crippen LogP contribution in [0.25, 0.3) is 0 Å². The Morgan fingerprint density at radius 1 is 1.26 bits per heavy atom. The molecular weight excluding hydrogens is 309 g/mol. The number of nitrogens with one attached hydrogen (secondary N) is 2. The van der Waals surface area contributed by atoms with E-state index in [1.54, 1.807) is 7.05 Å². The lowest BCUT2D eigenvalue weighted by Crippen LogP contribution is -2.47. The third-order valence-corrected chi connectivity index (χ3v) is 4.52. The quantitative estimate of drug-likeness (QED) is 0.577. The SMILES string of the molecule is CCC1(CNC(=NC)NCC(=O)N(C)CC(F)(F)F)CCCC1. The molecule has 0 heterocycles. The van der Waals surface area contributed by atoms with Crippen LogP contribution in [0.2, 0.25) is 0 Å². The van der Waals surface area contributed by atoms with Crippen molar-refractivity contribution in [3.05, 3.63) is 0 Å². The summed E-state index contributed by atoms with van der Waals surface area (Å²) in [6, 6.07) is 0. The maximum Gasteiger partial charge on any atom is 0.406 e. The van der Waals surface area contributed by atoms with E-state index in [1.165, 1.54) is 25.7 Å². The first-order chi connectivity index (χ1) is 10.7. The Hall–Kier alpha value is -1.47. The normalized spacial score (nSPS) is 17.9. The third kappa shape index (κ3) is 6.66. The summed E-state index contributed by atoms with van der Waals surface area (Å²) in [7, 11) is 2.71. The van der Waals surface area contributed by atoms with Crippen LogP contribution in [0.4, 0.5) is 13.2 Å². The van der Waals surface area contributed by atoms with Crippen molar-refractivity contribution in [2.45, 2.75) is 45.2 Å². The number of hydrogen-bond donors (Lipinski definition) is 2. The van der Waals surface area contributed by atoms with Crippen molar-refractivity contribution in [2.24, 2.45) is 10.4 Å². The zero-order valence-corrected chi connectivity index (χ0v) is 14.1. The van der Waals surface area contributed by atoms with Crippen molar-refractivity contribution in [3.63, 3.8) is 0 Å². The molecule has 134 valence electrons. The molecule has 1 rings (SSSR count). The fourth-order valence-electron chi connectivity index (χ4n) is 2.92. The molecule has 0 aromatic rings. The zero-order valence-electron chi connectivity index (χ0n) is 14.1. The molecule has 0 bridgehead atoms. The van der Waals surface area contributed by atoms with Crippen LogP contribution in [0, 0.1) is 5.41 Å². The molecule has 1 amide bonds. The van der Waals surface area contributed by atoms with Gasteiger partial charge in [0.1, 0.15) is 6.54 Å². The van der Waals surface area contributed by atoms with Crippen LogP contribution in [0.3, 0.4) is 0 Å². The summed E-state index contributed by atoms with van der Waals surface area (Å²) < 4.78 is 36.8. The van der Waals surface area contributed by atoms with Crippen molar-refractivity contribution in [2.75, 3.05) is 33.7 Å². The molecule has 0 spiro atoms. The van der Waals surface area contributed by atoms with Gasteiger partial charge in [0.25, 0.3) is 0 Å². The standard InChI is InChI=1S/C15H27F3N4O/c1-4-14(7-5-6-8-14)10-21-13(19-2)20-9-12(23)22(3)11-15(16,17)18/h4-11H2,1-3H3,(H2,19,20,21). The number of hydrogen-bond acceptors (Lipinski definition) is 2. The van der Waals surface area contributed by atoms with Gasteiger partial charge in [-0.25, -0.2) is 0 Å². The van der Waals surface area contributed by atoms with Gasteiger partial charge < -0.3 is 15.5 Å². The van der Waals surface area contributed by atoms with Crippen LogP contribution in [0.15, 0.2) is 4.99 Å². The minimum absolute atomic E-state index is 0.217. The van der Waals surface area contributed by atoms with E-state index in [0.717, 1.165) is 20.0 Å². The molecule has 0 radical (unpaired) electrons. The van der Waals surface area contributed by atoms with Crippen LogP contribution in [-0.4, -0.2) is 56.7 Å². The molecule has 5 nitrogen and oxygen atoms in total. The third-order valence-electron chi connectivity index (χ3n) is 4.52. The van der Waals surface area contributed by atoms with Gasteiger partial charge in [0.2, 0.25) is 5.91 Å². The predicted molar refractivity (Wildman–Crippen MR) is 84.2 cm³/mol. The van der Waals surface area contributed by atoms with Crippen molar-refractivity contribution >= 4 is 11.9 Å².